The van der Waals surface area contributed by atoms with Gasteiger partial charge in [0.2, 0.25) is 0 Å². The molecule has 1 amide bonds. The van der Waals surface area contributed by atoms with Gasteiger partial charge in [0.25, 0.3) is 11.6 Å². The Hall–Kier alpha value is -3.17. The molecule has 0 spiro atoms. The fraction of sp³-hybridized carbons (Fsp3) is 0.238. The number of amides is 1. The van der Waals surface area contributed by atoms with E-state index in [1.54, 1.807) is 28.4 Å². The molecule has 2 heterocycles. The summed E-state index contributed by atoms with van der Waals surface area (Å²) in [5.74, 6) is -0.382. The number of benzene rings is 2. The van der Waals surface area contributed by atoms with E-state index in [9.17, 15) is 19.3 Å². The zero-order chi connectivity index (χ0) is 21.1. The average Bonchev–Trinajstić information content (AvgIpc) is 3.23. The number of nitro groups is 1. The number of aromatic nitrogens is 1. The summed E-state index contributed by atoms with van der Waals surface area (Å²) >= 11 is 1.57. The van der Waals surface area contributed by atoms with E-state index in [-0.39, 0.29) is 17.4 Å². The van der Waals surface area contributed by atoms with E-state index in [1.165, 1.54) is 36.4 Å². The maximum Gasteiger partial charge on any atom is 0.269 e. The Labute approximate surface area is 176 Å². The van der Waals surface area contributed by atoms with Crippen molar-refractivity contribution in [2.45, 2.75) is 6.54 Å². The zero-order valence-electron chi connectivity index (χ0n) is 16.0. The molecule has 30 heavy (non-hydrogen) atoms. The van der Waals surface area contributed by atoms with Crippen LogP contribution in [0, 0.1) is 15.9 Å². The standard InChI is InChI=1S/C21H19FN4O3S/c22-17-5-1-15(2-6-17)19-14-30-20(23-19)13-24-9-11-25(12-10-24)21(27)16-3-7-18(8-4-16)26(28)29/h1-8,14H,9-13H2. The second-order valence-corrected chi connectivity index (χ2v) is 7.95. The van der Waals surface area contributed by atoms with E-state index in [2.05, 4.69) is 9.88 Å². The molecule has 0 bridgehead atoms. The lowest BCUT2D eigenvalue weighted by atomic mass is 10.1. The number of rotatable bonds is 5. The highest BCUT2D eigenvalue weighted by atomic mass is 32.1. The number of hydrogen-bond donors (Lipinski definition) is 0. The van der Waals surface area contributed by atoms with E-state index >= 15 is 0 Å². The number of thiazole rings is 1. The van der Waals surface area contributed by atoms with E-state index < -0.39 is 4.92 Å². The van der Waals surface area contributed by atoms with Crippen molar-refractivity contribution in [1.29, 1.82) is 0 Å². The summed E-state index contributed by atoms with van der Waals surface area (Å²) in [6.07, 6.45) is 0. The van der Waals surface area contributed by atoms with Gasteiger partial charge in [0.1, 0.15) is 10.8 Å². The van der Waals surface area contributed by atoms with Crippen LogP contribution >= 0.6 is 11.3 Å². The lowest BCUT2D eigenvalue weighted by Crippen LogP contribution is -2.48. The van der Waals surface area contributed by atoms with Gasteiger partial charge in [0.15, 0.2) is 0 Å². The quantitative estimate of drug-likeness (QED) is 0.458. The highest BCUT2D eigenvalue weighted by Gasteiger charge is 2.23. The normalized spacial score (nSPS) is 14.6. The largest absolute Gasteiger partial charge is 0.336 e. The van der Waals surface area contributed by atoms with Gasteiger partial charge in [-0.05, 0) is 36.4 Å². The molecule has 1 aromatic heterocycles. The number of non-ortho nitro benzene ring substituents is 1. The van der Waals surface area contributed by atoms with Gasteiger partial charge in [0.05, 0.1) is 17.2 Å². The third-order valence-electron chi connectivity index (χ3n) is 5.04. The number of halogens is 1. The predicted octanol–water partition coefficient (Wildman–Crippen LogP) is 3.82. The third-order valence-corrected chi connectivity index (χ3v) is 5.87. The van der Waals surface area contributed by atoms with Gasteiger partial charge >= 0.3 is 0 Å². The van der Waals surface area contributed by atoms with Crippen LogP contribution in [0.25, 0.3) is 11.3 Å². The van der Waals surface area contributed by atoms with Crippen LogP contribution in [-0.2, 0) is 6.54 Å². The van der Waals surface area contributed by atoms with Gasteiger partial charge < -0.3 is 4.90 Å². The Bertz CT molecular complexity index is 1040. The van der Waals surface area contributed by atoms with Crippen molar-refractivity contribution in [3.05, 3.63) is 80.4 Å². The molecule has 1 aliphatic rings. The highest BCUT2D eigenvalue weighted by Crippen LogP contribution is 2.23. The van der Waals surface area contributed by atoms with Crippen LogP contribution < -0.4 is 0 Å². The molecular weight excluding hydrogens is 407 g/mol. The smallest absolute Gasteiger partial charge is 0.269 e. The molecule has 1 saturated heterocycles. The molecule has 0 aliphatic carbocycles. The highest BCUT2D eigenvalue weighted by molar-refractivity contribution is 7.09. The Morgan fingerprint density at radius 3 is 2.37 bits per heavy atom. The van der Waals surface area contributed by atoms with Crippen molar-refractivity contribution in [2.24, 2.45) is 0 Å². The maximum atomic E-state index is 13.1. The number of nitrogens with zero attached hydrogens (tertiary/aromatic N) is 4. The van der Waals surface area contributed by atoms with Crippen LogP contribution in [-0.4, -0.2) is 51.8 Å². The number of carbonyl (C=O) groups excluding carboxylic acids is 1. The first-order chi connectivity index (χ1) is 14.5. The maximum absolute atomic E-state index is 13.1. The lowest BCUT2D eigenvalue weighted by Gasteiger charge is -2.34. The van der Waals surface area contributed by atoms with Crippen molar-refractivity contribution in [2.75, 3.05) is 26.2 Å². The Morgan fingerprint density at radius 2 is 1.73 bits per heavy atom. The second-order valence-electron chi connectivity index (χ2n) is 7.01. The Kier molecular flexibility index (Phi) is 5.82. The van der Waals surface area contributed by atoms with Crippen molar-refractivity contribution in [1.82, 2.24) is 14.8 Å². The minimum absolute atomic E-state index is 0.0279. The predicted molar refractivity (Wildman–Crippen MR) is 112 cm³/mol. The van der Waals surface area contributed by atoms with E-state index in [1.807, 2.05) is 5.38 Å². The third kappa shape index (κ3) is 4.52. The Balaban J connectivity index is 1.32. The van der Waals surface area contributed by atoms with Crippen molar-refractivity contribution >= 4 is 22.9 Å². The van der Waals surface area contributed by atoms with Gasteiger partial charge in [-0.1, -0.05) is 0 Å². The van der Waals surface area contributed by atoms with Crippen molar-refractivity contribution < 1.29 is 14.1 Å². The van der Waals surface area contributed by atoms with E-state index in [4.69, 9.17) is 0 Å². The number of nitro benzene ring substituents is 1. The molecule has 3 aromatic rings. The van der Waals surface area contributed by atoms with Gasteiger partial charge in [-0.25, -0.2) is 9.37 Å². The molecule has 1 fully saturated rings. The summed E-state index contributed by atoms with van der Waals surface area (Å²) < 4.78 is 13.1. The average molecular weight is 426 g/mol. The van der Waals surface area contributed by atoms with E-state index in [0.717, 1.165) is 29.4 Å². The second kappa shape index (κ2) is 8.68. The molecule has 0 unspecified atom stereocenters. The van der Waals surface area contributed by atoms with Crippen LogP contribution in [0.5, 0.6) is 0 Å². The van der Waals surface area contributed by atoms with Gasteiger partial charge in [-0.15, -0.1) is 11.3 Å². The van der Waals surface area contributed by atoms with Crippen LogP contribution in [0.3, 0.4) is 0 Å². The first kappa shape index (κ1) is 20.1. The number of carbonyl (C=O) groups is 1. The zero-order valence-corrected chi connectivity index (χ0v) is 16.8. The molecule has 4 rings (SSSR count). The first-order valence-corrected chi connectivity index (χ1v) is 10.3. The summed E-state index contributed by atoms with van der Waals surface area (Å²) in [7, 11) is 0. The fourth-order valence-corrected chi connectivity index (χ4v) is 4.19. The molecule has 154 valence electrons. The van der Waals surface area contributed by atoms with Crippen LogP contribution in [0.2, 0.25) is 0 Å². The molecule has 9 heteroatoms. The van der Waals surface area contributed by atoms with Crippen LogP contribution in [0.15, 0.2) is 53.9 Å². The van der Waals surface area contributed by atoms with Gasteiger partial charge in [-0.3, -0.25) is 19.8 Å². The molecule has 0 saturated carbocycles. The fourth-order valence-electron chi connectivity index (χ4n) is 3.35. The molecule has 2 aromatic carbocycles. The molecule has 7 nitrogen and oxygen atoms in total. The van der Waals surface area contributed by atoms with Crippen LogP contribution in [0.1, 0.15) is 15.4 Å². The topological polar surface area (TPSA) is 79.6 Å². The van der Waals surface area contributed by atoms with Crippen molar-refractivity contribution in [3.8, 4) is 11.3 Å². The van der Waals surface area contributed by atoms with Crippen molar-refractivity contribution in [3.63, 3.8) is 0 Å². The summed E-state index contributed by atoms with van der Waals surface area (Å²) in [6, 6.07) is 12.0. The Morgan fingerprint density at radius 1 is 1.07 bits per heavy atom. The monoisotopic (exact) mass is 426 g/mol. The number of hydrogen-bond acceptors (Lipinski definition) is 6. The summed E-state index contributed by atoms with van der Waals surface area (Å²) in [4.78, 5) is 31.6. The summed E-state index contributed by atoms with van der Waals surface area (Å²) in [6.45, 7) is 3.33. The lowest BCUT2D eigenvalue weighted by molar-refractivity contribution is -0.384. The molecule has 0 N–H and O–H groups in total. The van der Waals surface area contributed by atoms with Gasteiger partial charge in [0, 0.05) is 54.8 Å². The van der Waals surface area contributed by atoms with E-state index in [0.29, 0.717) is 25.2 Å². The molecular formula is C21H19FN4O3S. The minimum atomic E-state index is -0.479. The number of piperazine rings is 1. The minimum Gasteiger partial charge on any atom is -0.336 e. The molecule has 0 radical (unpaired) electrons. The van der Waals surface area contributed by atoms with Gasteiger partial charge in [-0.2, -0.15) is 0 Å². The summed E-state index contributed by atoms with van der Waals surface area (Å²) in [5.41, 5.74) is 2.15. The first-order valence-electron chi connectivity index (χ1n) is 9.46. The summed E-state index contributed by atoms with van der Waals surface area (Å²) in [5, 5.41) is 13.7. The van der Waals surface area contributed by atoms with Crippen LogP contribution in [0.4, 0.5) is 10.1 Å². The molecule has 1 aliphatic heterocycles. The SMILES string of the molecule is O=C(c1ccc([N+](=O)[O-])cc1)N1CCN(Cc2nc(-c3ccc(F)cc3)cs2)CC1. The molecule has 0 atom stereocenters.